The Bertz CT molecular complexity index is 699. The summed E-state index contributed by atoms with van der Waals surface area (Å²) in [7, 11) is 0. The maximum absolute atomic E-state index is 11.8. The van der Waals surface area contributed by atoms with Gasteiger partial charge in [0.2, 0.25) is 5.91 Å². The maximum atomic E-state index is 11.8. The van der Waals surface area contributed by atoms with Gasteiger partial charge in [-0.15, -0.1) is 0 Å². The van der Waals surface area contributed by atoms with Crippen LogP contribution in [-0.4, -0.2) is 51.8 Å². The highest BCUT2D eigenvalue weighted by molar-refractivity contribution is 5.78. The van der Waals surface area contributed by atoms with Crippen molar-refractivity contribution in [1.29, 1.82) is 0 Å². The molecule has 0 aliphatic carbocycles. The number of hydrogen-bond acceptors (Lipinski definition) is 4. The van der Waals surface area contributed by atoms with Crippen molar-refractivity contribution in [3.63, 3.8) is 0 Å². The average Bonchev–Trinajstić information content (AvgIpc) is 3.32. The maximum Gasteiger partial charge on any atom is 0.222 e. The molecule has 2 aromatic rings. The molecule has 4 rings (SSSR count). The first-order valence-electron chi connectivity index (χ1n) is 8.75. The minimum atomic E-state index is 0.323. The Morgan fingerprint density at radius 2 is 2.04 bits per heavy atom. The second-order valence-corrected chi connectivity index (χ2v) is 6.63. The number of rotatable bonds is 6. The zero-order valence-electron chi connectivity index (χ0n) is 13.8. The minimum Gasteiger partial charge on any atom is -0.369 e. The molecule has 1 amide bonds. The van der Waals surface area contributed by atoms with E-state index < -0.39 is 0 Å². The Hall–Kier alpha value is -2.37. The van der Waals surface area contributed by atoms with Crippen molar-refractivity contribution in [2.75, 3.05) is 31.1 Å². The van der Waals surface area contributed by atoms with E-state index >= 15 is 0 Å². The molecule has 1 atom stereocenters. The van der Waals surface area contributed by atoms with Crippen molar-refractivity contribution in [2.45, 2.75) is 31.7 Å². The number of para-hydroxylation sites is 1. The van der Waals surface area contributed by atoms with E-state index in [1.807, 2.05) is 9.58 Å². The second kappa shape index (κ2) is 6.63. The fourth-order valence-electron chi connectivity index (χ4n) is 3.87. The van der Waals surface area contributed by atoms with E-state index in [1.54, 1.807) is 12.7 Å². The monoisotopic (exact) mass is 325 g/mol. The number of hydrogen-bond donors (Lipinski definition) is 0. The van der Waals surface area contributed by atoms with Gasteiger partial charge in [-0.1, -0.05) is 18.2 Å². The molecule has 6 nitrogen and oxygen atoms in total. The smallest absolute Gasteiger partial charge is 0.222 e. The molecule has 1 aromatic heterocycles. The summed E-state index contributed by atoms with van der Waals surface area (Å²) in [5.41, 5.74) is 2.75. The first kappa shape index (κ1) is 15.2. The Kier molecular flexibility index (Phi) is 4.19. The lowest BCUT2D eigenvalue weighted by Gasteiger charge is -2.21. The number of carbonyl (C=O) groups excluding carboxylic acids is 1. The van der Waals surface area contributed by atoms with E-state index in [-0.39, 0.29) is 0 Å². The van der Waals surface area contributed by atoms with Gasteiger partial charge in [0.25, 0.3) is 0 Å². The third-order valence-electron chi connectivity index (χ3n) is 5.14. The van der Waals surface area contributed by atoms with Gasteiger partial charge in [-0.2, -0.15) is 5.10 Å². The fraction of sp³-hybridized carbons (Fsp3) is 0.500. The summed E-state index contributed by atoms with van der Waals surface area (Å²) >= 11 is 0. The number of amides is 1. The zero-order valence-corrected chi connectivity index (χ0v) is 13.8. The SMILES string of the molecule is O=C1CCCN1CCC1CN(CCn2cncn2)c2ccccc21. The molecule has 3 heterocycles. The molecule has 1 saturated heterocycles. The fourth-order valence-corrected chi connectivity index (χ4v) is 3.87. The highest BCUT2D eigenvalue weighted by atomic mass is 16.2. The average molecular weight is 325 g/mol. The van der Waals surface area contributed by atoms with Crippen molar-refractivity contribution in [3.8, 4) is 0 Å². The molecule has 0 radical (unpaired) electrons. The standard InChI is InChI=1S/C18H23N5O/c24-18-6-3-8-21(18)9-7-15-12-22(10-11-23-14-19-13-20-23)17-5-2-1-4-16(15)17/h1-2,4-5,13-15H,3,6-12H2. The van der Waals surface area contributed by atoms with Crippen molar-refractivity contribution in [3.05, 3.63) is 42.5 Å². The summed E-state index contributed by atoms with van der Waals surface area (Å²) in [6.07, 6.45) is 6.13. The molecule has 0 saturated carbocycles. The minimum absolute atomic E-state index is 0.323. The molecule has 2 aliphatic heterocycles. The lowest BCUT2D eigenvalue weighted by Crippen LogP contribution is -2.29. The molecular weight excluding hydrogens is 302 g/mol. The first-order chi connectivity index (χ1) is 11.8. The molecular formula is C18H23N5O. The van der Waals surface area contributed by atoms with Crippen LogP contribution in [0.25, 0.3) is 0 Å². The third kappa shape index (κ3) is 3.00. The number of fused-ring (bicyclic) bond motifs is 1. The molecule has 2 aliphatic rings. The van der Waals surface area contributed by atoms with Crippen molar-refractivity contribution >= 4 is 11.6 Å². The quantitative estimate of drug-likeness (QED) is 0.814. The Labute approximate surface area is 142 Å². The molecule has 1 aromatic carbocycles. The van der Waals surface area contributed by atoms with Crippen LogP contribution < -0.4 is 4.90 Å². The van der Waals surface area contributed by atoms with E-state index in [9.17, 15) is 4.79 Å². The molecule has 1 fully saturated rings. The van der Waals surface area contributed by atoms with Crippen molar-refractivity contribution in [2.24, 2.45) is 0 Å². The van der Waals surface area contributed by atoms with Crippen LogP contribution in [0.2, 0.25) is 0 Å². The first-order valence-corrected chi connectivity index (χ1v) is 8.75. The van der Waals surface area contributed by atoms with Crippen LogP contribution in [0, 0.1) is 0 Å². The highest BCUT2D eigenvalue weighted by Gasteiger charge is 2.29. The topological polar surface area (TPSA) is 54.3 Å². The lowest BCUT2D eigenvalue weighted by atomic mass is 9.98. The van der Waals surface area contributed by atoms with Crippen molar-refractivity contribution in [1.82, 2.24) is 19.7 Å². The van der Waals surface area contributed by atoms with Crippen molar-refractivity contribution < 1.29 is 4.79 Å². The van der Waals surface area contributed by atoms with Gasteiger partial charge < -0.3 is 9.80 Å². The van der Waals surface area contributed by atoms with Crippen LogP contribution in [0.1, 0.15) is 30.7 Å². The van der Waals surface area contributed by atoms with Crippen LogP contribution in [0.3, 0.4) is 0 Å². The Balaban J connectivity index is 1.41. The summed E-state index contributed by atoms with van der Waals surface area (Å²) in [5.74, 6) is 0.828. The molecule has 0 spiro atoms. The van der Waals surface area contributed by atoms with E-state index in [4.69, 9.17) is 0 Å². The third-order valence-corrected chi connectivity index (χ3v) is 5.14. The predicted molar refractivity (Wildman–Crippen MR) is 91.8 cm³/mol. The van der Waals surface area contributed by atoms with E-state index in [0.717, 1.165) is 52.0 Å². The second-order valence-electron chi connectivity index (χ2n) is 6.63. The number of anilines is 1. The van der Waals surface area contributed by atoms with Gasteiger partial charge in [0.05, 0.1) is 6.54 Å². The molecule has 126 valence electrons. The van der Waals surface area contributed by atoms with Gasteiger partial charge in [0.15, 0.2) is 0 Å². The molecule has 6 heteroatoms. The number of aromatic nitrogens is 3. The number of carbonyl (C=O) groups is 1. The van der Waals surface area contributed by atoms with Crippen LogP contribution >= 0.6 is 0 Å². The summed E-state index contributed by atoms with van der Waals surface area (Å²) in [6.45, 7) is 4.61. The number of nitrogens with zero attached hydrogens (tertiary/aromatic N) is 5. The lowest BCUT2D eigenvalue weighted by molar-refractivity contribution is -0.127. The summed E-state index contributed by atoms with van der Waals surface area (Å²) in [4.78, 5) is 20.3. The summed E-state index contributed by atoms with van der Waals surface area (Å²) in [6, 6.07) is 8.67. The number of benzene rings is 1. The Morgan fingerprint density at radius 1 is 1.12 bits per heavy atom. The van der Waals surface area contributed by atoms with Gasteiger partial charge >= 0.3 is 0 Å². The van der Waals surface area contributed by atoms with E-state index in [1.165, 1.54) is 11.3 Å². The summed E-state index contributed by atoms with van der Waals surface area (Å²) in [5, 5.41) is 4.18. The highest BCUT2D eigenvalue weighted by Crippen LogP contribution is 2.38. The molecule has 0 N–H and O–H groups in total. The molecule has 1 unspecified atom stereocenters. The normalized spacial score (nSPS) is 20.0. The number of likely N-dealkylation sites (tertiary alicyclic amines) is 1. The van der Waals surface area contributed by atoms with Gasteiger partial charge in [-0.3, -0.25) is 9.48 Å². The predicted octanol–water partition coefficient (Wildman–Crippen LogP) is 1.89. The van der Waals surface area contributed by atoms with Gasteiger partial charge in [0, 0.05) is 44.2 Å². The van der Waals surface area contributed by atoms with Gasteiger partial charge in [-0.05, 0) is 24.5 Å². The molecule has 24 heavy (non-hydrogen) atoms. The van der Waals surface area contributed by atoms with Gasteiger partial charge in [-0.25, -0.2) is 4.98 Å². The molecule has 0 bridgehead atoms. The largest absolute Gasteiger partial charge is 0.369 e. The van der Waals surface area contributed by atoms with Crippen LogP contribution in [0.15, 0.2) is 36.9 Å². The van der Waals surface area contributed by atoms with Crippen LogP contribution in [0.5, 0.6) is 0 Å². The van der Waals surface area contributed by atoms with Crippen LogP contribution in [0.4, 0.5) is 5.69 Å². The summed E-state index contributed by atoms with van der Waals surface area (Å²) < 4.78 is 1.87. The van der Waals surface area contributed by atoms with E-state index in [0.29, 0.717) is 11.8 Å². The zero-order chi connectivity index (χ0) is 16.4. The Morgan fingerprint density at radius 3 is 2.83 bits per heavy atom. The van der Waals surface area contributed by atoms with Crippen LogP contribution in [-0.2, 0) is 11.3 Å². The van der Waals surface area contributed by atoms with Gasteiger partial charge in [0.1, 0.15) is 12.7 Å². The van der Waals surface area contributed by atoms with E-state index in [2.05, 4.69) is 39.2 Å².